The Labute approximate surface area is 174 Å². The predicted octanol–water partition coefficient (Wildman–Crippen LogP) is 1.26. The molecule has 2 atom stereocenters. The van der Waals surface area contributed by atoms with Gasteiger partial charge >= 0.3 is 0 Å². The van der Waals surface area contributed by atoms with E-state index in [0.717, 1.165) is 23.4 Å². The van der Waals surface area contributed by atoms with Crippen molar-refractivity contribution < 1.29 is 9.53 Å². The van der Waals surface area contributed by atoms with E-state index in [9.17, 15) is 4.79 Å². The van der Waals surface area contributed by atoms with E-state index in [1.165, 1.54) is 0 Å². The highest BCUT2D eigenvalue weighted by atomic mass is 35.5. The molecular formula is C19H24ClN7O2. The molecule has 3 N–H and O–H groups in total. The Balaban J connectivity index is 0.00000240. The average molecular weight is 418 g/mol. The molecule has 0 saturated carbocycles. The second kappa shape index (κ2) is 9.06. The molecule has 1 fully saturated rings. The Bertz CT molecular complexity index is 954. The molecule has 0 spiro atoms. The smallest absolute Gasteiger partial charge is 0.225 e. The van der Waals surface area contributed by atoms with Crippen molar-refractivity contribution in [3.63, 3.8) is 0 Å². The zero-order chi connectivity index (χ0) is 19.5. The summed E-state index contributed by atoms with van der Waals surface area (Å²) >= 11 is 0. The van der Waals surface area contributed by atoms with E-state index < -0.39 is 0 Å². The van der Waals surface area contributed by atoms with Gasteiger partial charge < -0.3 is 15.4 Å². The number of hydrogen-bond acceptors (Lipinski definition) is 6. The van der Waals surface area contributed by atoms with Crippen LogP contribution in [-0.2, 0) is 18.4 Å². The number of H-pyrrole nitrogens is 1. The van der Waals surface area contributed by atoms with E-state index in [1.54, 1.807) is 11.8 Å². The van der Waals surface area contributed by atoms with Crippen molar-refractivity contribution in [3.05, 3.63) is 48.0 Å². The van der Waals surface area contributed by atoms with Crippen LogP contribution in [0.3, 0.4) is 0 Å². The summed E-state index contributed by atoms with van der Waals surface area (Å²) in [7, 11) is 3.51. The fourth-order valence-electron chi connectivity index (χ4n) is 3.48. The van der Waals surface area contributed by atoms with Gasteiger partial charge in [-0.3, -0.25) is 14.6 Å². The molecule has 154 valence electrons. The number of ether oxygens (including phenoxy) is 1. The number of methoxy groups -OCH3 is 1. The van der Waals surface area contributed by atoms with Gasteiger partial charge in [0.15, 0.2) is 5.82 Å². The molecular weight excluding hydrogens is 394 g/mol. The summed E-state index contributed by atoms with van der Waals surface area (Å²) in [5.74, 6) is 1.97. The Morgan fingerprint density at radius 3 is 2.79 bits per heavy atom. The van der Waals surface area contributed by atoms with E-state index >= 15 is 0 Å². The molecule has 3 aromatic rings. The van der Waals surface area contributed by atoms with Gasteiger partial charge in [0.2, 0.25) is 5.91 Å². The maximum Gasteiger partial charge on any atom is 0.225 e. The number of aromatic amines is 1. The van der Waals surface area contributed by atoms with Gasteiger partial charge in [-0.1, -0.05) is 0 Å². The van der Waals surface area contributed by atoms with Gasteiger partial charge in [0, 0.05) is 37.8 Å². The molecule has 0 unspecified atom stereocenters. The lowest BCUT2D eigenvalue weighted by Gasteiger charge is -2.16. The lowest BCUT2D eigenvalue weighted by Crippen LogP contribution is -2.34. The number of benzene rings is 1. The van der Waals surface area contributed by atoms with Crippen molar-refractivity contribution in [1.82, 2.24) is 35.6 Å². The largest absolute Gasteiger partial charge is 0.497 e. The predicted molar refractivity (Wildman–Crippen MR) is 110 cm³/mol. The van der Waals surface area contributed by atoms with Crippen molar-refractivity contribution in [3.8, 4) is 17.1 Å². The van der Waals surface area contributed by atoms with E-state index in [2.05, 4.69) is 30.9 Å². The number of aromatic nitrogens is 5. The van der Waals surface area contributed by atoms with Crippen LogP contribution in [0.25, 0.3) is 11.4 Å². The van der Waals surface area contributed by atoms with Crippen LogP contribution in [0.2, 0.25) is 0 Å². The lowest BCUT2D eigenvalue weighted by atomic mass is 9.90. The van der Waals surface area contributed by atoms with Crippen LogP contribution in [0.15, 0.2) is 36.7 Å². The molecule has 29 heavy (non-hydrogen) atoms. The summed E-state index contributed by atoms with van der Waals surface area (Å²) in [6.07, 6.45) is 3.80. The first-order chi connectivity index (χ1) is 13.6. The maximum atomic E-state index is 12.7. The number of carbonyl (C=O) groups excluding carboxylic acids is 1. The molecule has 1 aliphatic rings. The second-order valence-corrected chi connectivity index (χ2v) is 6.87. The van der Waals surface area contributed by atoms with Crippen LogP contribution in [0.5, 0.6) is 5.75 Å². The number of nitrogens with zero attached hydrogens (tertiary/aromatic N) is 4. The molecule has 0 radical (unpaired) electrons. The second-order valence-electron chi connectivity index (χ2n) is 6.87. The van der Waals surface area contributed by atoms with Gasteiger partial charge in [-0.15, -0.1) is 12.4 Å². The highest BCUT2D eigenvalue weighted by Gasteiger charge is 2.34. The Morgan fingerprint density at radius 1 is 1.31 bits per heavy atom. The Hall–Kier alpha value is -2.91. The van der Waals surface area contributed by atoms with E-state index in [1.807, 2.05) is 43.7 Å². The summed E-state index contributed by atoms with van der Waals surface area (Å²) in [4.78, 5) is 17.2. The minimum Gasteiger partial charge on any atom is -0.497 e. The molecule has 0 aliphatic carbocycles. The van der Waals surface area contributed by atoms with Crippen LogP contribution in [0.1, 0.15) is 17.3 Å². The van der Waals surface area contributed by atoms with Gasteiger partial charge in [0.1, 0.15) is 11.6 Å². The third kappa shape index (κ3) is 4.57. The highest BCUT2D eigenvalue weighted by Crippen LogP contribution is 2.28. The molecule has 1 amide bonds. The molecule has 10 heteroatoms. The van der Waals surface area contributed by atoms with Crippen LogP contribution in [0.4, 0.5) is 0 Å². The van der Waals surface area contributed by atoms with Crippen molar-refractivity contribution in [1.29, 1.82) is 0 Å². The summed E-state index contributed by atoms with van der Waals surface area (Å²) in [6, 6.07) is 7.51. The van der Waals surface area contributed by atoms with Crippen LogP contribution < -0.4 is 15.4 Å². The first-order valence-electron chi connectivity index (χ1n) is 9.16. The van der Waals surface area contributed by atoms with Crippen LogP contribution >= 0.6 is 12.4 Å². The number of amides is 1. The third-order valence-electron chi connectivity index (χ3n) is 5.01. The van der Waals surface area contributed by atoms with Gasteiger partial charge in [0.05, 0.1) is 25.8 Å². The summed E-state index contributed by atoms with van der Waals surface area (Å²) < 4.78 is 6.92. The number of nitrogens with one attached hydrogen (secondary N) is 3. The quantitative estimate of drug-likeness (QED) is 0.557. The highest BCUT2D eigenvalue weighted by molar-refractivity contribution is 5.85. The SMILES string of the molecule is COc1ccc(-c2n[nH]c(CNC(=O)[C@H]3CNC[C@@H]3c3cnn(C)c3)n2)cc1.Cl. The van der Waals surface area contributed by atoms with E-state index in [4.69, 9.17) is 4.74 Å². The molecule has 1 aromatic carbocycles. The molecule has 1 saturated heterocycles. The van der Waals surface area contributed by atoms with Gasteiger partial charge in [-0.25, -0.2) is 4.98 Å². The van der Waals surface area contributed by atoms with Gasteiger partial charge in [-0.05, 0) is 29.8 Å². The summed E-state index contributed by atoms with van der Waals surface area (Å²) in [5, 5.41) is 17.6. The molecule has 3 heterocycles. The molecule has 4 rings (SSSR count). The Kier molecular flexibility index (Phi) is 6.50. The van der Waals surface area contributed by atoms with E-state index in [-0.39, 0.29) is 30.2 Å². The van der Waals surface area contributed by atoms with Crippen molar-refractivity contribution >= 4 is 18.3 Å². The lowest BCUT2D eigenvalue weighted by molar-refractivity contribution is -0.125. The minimum atomic E-state index is -0.131. The fourth-order valence-corrected chi connectivity index (χ4v) is 3.48. The number of hydrogen-bond donors (Lipinski definition) is 3. The van der Waals surface area contributed by atoms with Crippen molar-refractivity contribution in [2.75, 3.05) is 20.2 Å². The number of rotatable bonds is 6. The fraction of sp³-hybridized carbons (Fsp3) is 0.368. The van der Waals surface area contributed by atoms with Gasteiger partial charge in [-0.2, -0.15) is 10.2 Å². The minimum absolute atomic E-state index is 0. The van der Waals surface area contributed by atoms with Crippen LogP contribution in [0, 0.1) is 5.92 Å². The first kappa shape index (κ1) is 20.8. The standard InChI is InChI=1S/C19H23N7O2.ClH/c1-26-11-13(7-22-26)15-8-20-9-16(15)19(27)21-10-17-23-18(25-24-17)12-3-5-14(28-2)6-4-12;/h3-7,11,15-16,20H,8-10H2,1-2H3,(H,21,27)(H,23,24,25);1H/t15-,16+;/m1./s1. The first-order valence-corrected chi connectivity index (χ1v) is 9.16. The number of carbonyl (C=O) groups is 1. The molecule has 0 bridgehead atoms. The average Bonchev–Trinajstić information content (AvgIpc) is 3.46. The summed E-state index contributed by atoms with van der Waals surface area (Å²) in [6.45, 7) is 1.73. The van der Waals surface area contributed by atoms with E-state index in [0.29, 0.717) is 24.7 Å². The summed E-state index contributed by atoms with van der Waals surface area (Å²) in [5.41, 5.74) is 1.96. The normalized spacial score (nSPS) is 18.3. The monoisotopic (exact) mass is 417 g/mol. The number of halogens is 1. The van der Waals surface area contributed by atoms with Crippen molar-refractivity contribution in [2.24, 2.45) is 13.0 Å². The number of aryl methyl sites for hydroxylation is 1. The van der Waals surface area contributed by atoms with Gasteiger partial charge in [0.25, 0.3) is 0 Å². The maximum absolute atomic E-state index is 12.7. The molecule has 2 aromatic heterocycles. The van der Waals surface area contributed by atoms with Crippen LogP contribution in [-0.4, -0.2) is 51.1 Å². The Morgan fingerprint density at radius 2 is 2.10 bits per heavy atom. The zero-order valence-corrected chi connectivity index (χ0v) is 17.1. The zero-order valence-electron chi connectivity index (χ0n) is 16.3. The molecule has 1 aliphatic heterocycles. The molecule has 9 nitrogen and oxygen atoms in total. The topological polar surface area (TPSA) is 110 Å². The third-order valence-corrected chi connectivity index (χ3v) is 5.01. The van der Waals surface area contributed by atoms with Crippen molar-refractivity contribution in [2.45, 2.75) is 12.5 Å².